The van der Waals surface area contributed by atoms with Gasteiger partial charge in [-0.1, -0.05) is 0 Å². The second-order valence-electron chi connectivity index (χ2n) is 5.97. The van der Waals surface area contributed by atoms with Crippen molar-refractivity contribution in [2.24, 2.45) is 0 Å². The van der Waals surface area contributed by atoms with Crippen molar-refractivity contribution in [2.45, 2.75) is 72.4 Å². The van der Waals surface area contributed by atoms with Crippen LogP contribution in [0.25, 0.3) is 0 Å². The van der Waals surface area contributed by atoms with Gasteiger partial charge in [-0.3, -0.25) is 0 Å². The number of hydrogen-bond donors (Lipinski definition) is 0. The average Bonchev–Trinajstić information content (AvgIpc) is 1.99. The molecular formula is C12H27Cl2NOTi. The predicted octanol–water partition coefficient (Wildman–Crippen LogP) is -2.38. The van der Waals surface area contributed by atoms with E-state index in [4.69, 9.17) is 3.32 Å². The first kappa shape index (κ1) is 23.3. The van der Waals surface area contributed by atoms with Gasteiger partial charge in [0, 0.05) is 0 Å². The summed E-state index contributed by atoms with van der Waals surface area (Å²) in [6.07, 6.45) is 2.41. The van der Waals surface area contributed by atoms with Crippen molar-refractivity contribution < 1.29 is 47.9 Å². The van der Waals surface area contributed by atoms with E-state index in [1.807, 2.05) is 0 Å². The second kappa shape index (κ2) is 10.1. The first-order valence-electron chi connectivity index (χ1n) is 5.87. The fourth-order valence-electron chi connectivity index (χ4n) is 1.61. The molecule has 0 amide bonds. The van der Waals surface area contributed by atoms with E-state index in [9.17, 15) is 0 Å². The fraction of sp³-hybridized carbons (Fsp3) is 1.00. The SMILES string of the molecule is CCCC[O][Ti+2][N](C(C)(C)C)C(C)(C)C.[Cl-].[Cl-]. The maximum Gasteiger partial charge on any atom is -1.00 e. The molecule has 0 spiro atoms. The van der Waals surface area contributed by atoms with Crippen molar-refractivity contribution >= 4 is 0 Å². The first-order chi connectivity index (χ1) is 6.69. The molecule has 0 atom stereocenters. The molecule has 0 aliphatic carbocycles. The molecule has 0 aliphatic heterocycles. The Morgan fingerprint density at radius 3 is 1.65 bits per heavy atom. The van der Waals surface area contributed by atoms with Crippen LogP contribution in [-0.2, 0) is 23.1 Å². The zero-order chi connectivity index (χ0) is 12.1. The van der Waals surface area contributed by atoms with Crippen LogP contribution in [-0.4, -0.2) is 21.1 Å². The van der Waals surface area contributed by atoms with Crippen molar-refractivity contribution in [1.82, 2.24) is 3.38 Å². The summed E-state index contributed by atoms with van der Waals surface area (Å²) >= 11 is -0.440. The summed E-state index contributed by atoms with van der Waals surface area (Å²) in [5, 5.41) is 0. The molecule has 2 nitrogen and oxygen atoms in total. The molecule has 0 saturated carbocycles. The number of rotatable bonds is 5. The average molecular weight is 320 g/mol. The monoisotopic (exact) mass is 319 g/mol. The molecule has 0 aromatic carbocycles. The van der Waals surface area contributed by atoms with Crippen molar-refractivity contribution in [2.75, 3.05) is 6.61 Å². The second-order valence-corrected chi connectivity index (χ2v) is 7.40. The van der Waals surface area contributed by atoms with Crippen LogP contribution in [0.3, 0.4) is 0 Å². The molecule has 0 unspecified atom stereocenters. The third-order valence-corrected chi connectivity index (χ3v) is 5.00. The smallest absolute Gasteiger partial charge is 1.00 e. The van der Waals surface area contributed by atoms with Gasteiger partial charge in [-0.05, 0) is 0 Å². The molecule has 0 N–H and O–H groups in total. The summed E-state index contributed by atoms with van der Waals surface area (Å²) in [6.45, 7) is 16.7. The van der Waals surface area contributed by atoms with E-state index in [0.717, 1.165) is 6.61 Å². The minimum absolute atomic E-state index is 0. The van der Waals surface area contributed by atoms with Gasteiger partial charge in [-0.15, -0.1) is 0 Å². The van der Waals surface area contributed by atoms with Gasteiger partial charge in [-0.2, -0.15) is 0 Å². The first-order valence-corrected chi connectivity index (χ1v) is 7.21. The minimum atomic E-state index is -0.440. The Bertz CT molecular complexity index is 164. The van der Waals surface area contributed by atoms with Gasteiger partial charge in [-0.25, -0.2) is 0 Å². The molecule has 0 rings (SSSR count). The van der Waals surface area contributed by atoms with Gasteiger partial charge >= 0.3 is 105 Å². The van der Waals surface area contributed by atoms with E-state index < -0.39 is 19.8 Å². The zero-order valence-corrected chi connectivity index (χ0v) is 15.3. The molecule has 0 bridgehead atoms. The summed E-state index contributed by atoms with van der Waals surface area (Å²) < 4.78 is 8.36. The normalized spacial score (nSPS) is 11.5. The van der Waals surface area contributed by atoms with E-state index in [1.54, 1.807) is 0 Å². The summed E-state index contributed by atoms with van der Waals surface area (Å²) in [5.74, 6) is 0. The Kier molecular flexibility index (Phi) is 13.8. The van der Waals surface area contributed by atoms with Crippen molar-refractivity contribution in [3.63, 3.8) is 0 Å². The molecule has 17 heavy (non-hydrogen) atoms. The zero-order valence-electron chi connectivity index (χ0n) is 12.2. The molecule has 0 saturated heterocycles. The van der Waals surface area contributed by atoms with Gasteiger partial charge in [0.25, 0.3) is 0 Å². The number of nitrogens with zero attached hydrogens (tertiary/aromatic N) is 1. The minimum Gasteiger partial charge on any atom is -1.00 e. The van der Waals surface area contributed by atoms with Crippen LogP contribution in [0.4, 0.5) is 0 Å². The largest absolute Gasteiger partial charge is 1.00 e. The van der Waals surface area contributed by atoms with Crippen LogP contribution in [0.15, 0.2) is 0 Å². The van der Waals surface area contributed by atoms with Gasteiger partial charge in [0.05, 0.1) is 0 Å². The fourth-order valence-corrected chi connectivity index (χ4v) is 3.03. The Morgan fingerprint density at radius 1 is 0.941 bits per heavy atom. The van der Waals surface area contributed by atoms with E-state index in [-0.39, 0.29) is 35.9 Å². The van der Waals surface area contributed by atoms with Crippen molar-refractivity contribution in [3.8, 4) is 0 Å². The van der Waals surface area contributed by atoms with Gasteiger partial charge in [0.1, 0.15) is 0 Å². The number of unbranched alkanes of at least 4 members (excludes halogenated alkanes) is 1. The van der Waals surface area contributed by atoms with Gasteiger partial charge in [0.15, 0.2) is 0 Å². The maximum atomic E-state index is 5.84. The molecule has 5 heteroatoms. The van der Waals surface area contributed by atoms with Crippen LogP contribution >= 0.6 is 0 Å². The Balaban J connectivity index is -0.000000980. The van der Waals surface area contributed by atoms with Crippen LogP contribution in [0.5, 0.6) is 0 Å². The standard InChI is InChI=1S/C8H18N.C4H9O.2ClH.Ti/c1-7(2,3)9-8(4,5)6;1-2-3-4-5;;;/h1-6H3;2-4H2,1H3;2*1H;/q2*-1;;;+4/p-2. The molecule has 0 fully saturated rings. The number of hydrogen-bond acceptors (Lipinski definition) is 2. The van der Waals surface area contributed by atoms with Crippen molar-refractivity contribution in [1.29, 1.82) is 0 Å². The summed E-state index contributed by atoms with van der Waals surface area (Å²) in [4.78, 5) is 0. The van der Waals surface area contributed by atoms with E-state index >= 15 is 0 Å². The molecule has 104 valence electrons. The molecule has 0 aromatic heterocycles. The quantitative estimate of drug-likeness (QED) is 0.415. The van der Waals surface area contributed by atoms with Crippen LogP contribution in [0.1, 0.15) is 61.3 Å². The summed E-state index contributed by atoms with van der Waals surface area (Å²) in [5.41, 5.74) is 0.426. The molecule has 0 aromatic rings. The van der Waals surface area contributed by atoms with Gasteiger partial charge in [0.2, 0.25) is 0 Å². The van der Waals surface area contributed by atoms with Gasteiger partial charge < -0.3 is 24.8 Å². The summed E-state index contributed by atoms with van der Waals surface area (Å²) in [7, 11) is 0. The third kappa shape index (κ3) is 10.8. The predicted molar refractivity (Wildman–Crippen MR) is 62.2 cm³/mol. The number of halogens is 2. The Morgan fingerprint density at radius 2 is 1.35 bits per heavy atom. The van der Waals surface area contributed by atoms with E-state index in [1.165, 1.54) is 12.8 Å². The summed E-state index contributed by atoms with van der Waals surface area (Å²) in [6, 6.07) is 0. The van der Waals surface area contributed by atoms with Crippen LogP contribution in [0.2, 0.25) is 0 Å². The molecule has 0 aliphatic rings. The van der Waals surface area contributed by atoms with E-state index in [0.29, 0.717) is 0 Å². The Labute approximate surface area is 130 Å². The van der Waals surface area contributed by atoms with E-state index in [2.05, 4.69) is 51.8 Å². The van der Waals surface area contributed by atoms with Crippen LogP contribution < -0.4 is 24.8 Å². The Hall–Kier alpha value is 1.21. The van der Waals surface area contributed by atoms with Crippen LogP contribution in [0, 0.1) is 0 Å². The third-order valence-electron chi connectivity index (χ3n) is 2.10. The molecule has 0 radical (unpaired) electrons. The molecule has 0 heterocycles. The topological polar surface area (TPSA) is 12.5 Å². The molecular weight excluding hydrogens is 293 g/mol. The maximum absolute atomic E-state index is 5.84. The van der Waals surface area contributed by atoms with Crippen molar-refractivity contribution in [3.05, 3.63) is 0 Å².